The van der Waals surface area contributed by atoms with Crippen LogP contribution in [0.2, 0.25) is 5.02 Å². The monoisotopic (exact) mass is 373 g/mol. The molecule has 1 saturated heterocycles. The molecule has 7 heteroatoms. The first kappa shape index (κ1) is 18.1. The summed E-state index contributed by atoms with van der Waals surface area (Å²) in [7, 11) is 0. The smallest absolute Gasteiger partial charge is 0.253 e. The molecule has 0 saturated carbocycles. The van der Waals surface area contributed by atoms with Gasteiger partial charge in [0.1, 0.15) is 5.75 Å². The van der Waals surface area contributed by atoms with Gasteiger partial charge >= 0.3 is 0 Å². The first-order chi connectivity index (χ1) is 12.4. The van der Waals surface area contributed by atoms with E-state index in [9.17, 15) is 14.7 Å². The van der Waals surface area contributed by atoms with Gasteiger partial charge in [0.25, 0.3) is 5.91 Å². The molecule has 1 fully saturated rings. The molecular formula is C19H20ClN3O3. The van der Waals surface area contributed by atoms with Gasteiger partial charge in [0.05, 0.1) is 5.69 Å². The molecule has 3 rings (SSSR count). The molecule has 1 aliphatic rings. The molecule has 4 N–H and O–H groups in total. The summed E-state index contributed by atoms with van der Waals surface area (Å²) in [6.45, 7) is 1.01. The quantitative estimate of drug-likeness (QED) is 0.569. The minimum absolute atomic E-state index is 0.0290. The van der Waals surface area contributed by atoms with Crippen LogP contribution in [0.5, 0.6) is 5.75 Å². The number of hydrogen-bond acceptors (Lipinski definition) is 4. The lowest BCUT2D eigenvalue weighted by Gasteiger charge is -2.31. The topological polar surface area (TPSA) is 95.7 Å². The Morgan fingerprint density at radius 3 is 2.42 bits per heavy atom. The van der Waals surface area contributed by atoms with Crippen LogP contribution in [0.15, 0.2) is 42.5 Å². The van der Waals surface area contributed by atoms with Gasteiger partial charge in [-0.2, -0.15) is 0 Å². The van der Waals surface area contributed by atoms with E-state index in [1.165, 1.54) is 12.1 Å². The maximum absolute atomic E-state index is 12.5. The number of nitrogens with one attached hydrogen (secondary N) is 1. The summed E-state index contributed by atoms with van der Waals surface area (Å²) in [6, 6.07) is 11.3. The van der Waals surface area contributed by atoms with Crippen LogP contribution in [0.25, 0.3) is 0 Å². The fourth-order valence-electron chi connectivity index (χ4n) is 3.00. The highest BCUT2D eigenvalue weighted by Crippen LogP contribution is 2.28. The lowest BCUT2D eigenvalue weighted by molar-refractivity contribution is -0.121. The average Bonchev–Trinajstić information content (AvgIpc) is 2.65. The van der Waals surface area contributed by atoms with Crippen LogP contribution in [0.1, 0.15) is 23.2 Å². The Bertz CT molecular complexity index is 815. The lowest BCUT2D eigenvalue weighted by Crippen LogP contribution is -2.41. The Hall–Kier alpha value is -2.73. The number of piperidine rings is 1. The molecule has 2 amide bonds. The SMILES string of the molecule is Nc1ccc(C(=O)N2CCC(C(=O)Nc3cc(Cl)ccc3O)CC2)cc1. The van der Waals surface area contributed by atoms with Gasteiger partial charge in [-0.1, -0.05) is 11.6 Å². The summed E-state index contributed by atoms with van der Waals surface area (Å²) in [4.78, 5) is 26.7. The molecule has 0 bridgehead atoms. The standard InChI is InChI=1S/C19H20ClN3O3/c20-14-3-6-17(24)16(11-14)22-18(25)12-7-9-23(10-8-12)19(26)13-1-4-15(21)5-2-13/h1-6,11-12,24H,7-10,21H2,(H,22,25). The Balaban J connectivity index is 1.57. The lowest BCUT2D eigenvalue weighted by atomic mass is 9.95. The molecular weight excluding hydrogens is 354 g/mol. The molecule has 0 spiro atoms. The summed E-state index contributed by atoms with van der Waals surface area (Å²) in [5.41, 5.74) is 7.14. The average molecular weight is 374 g/mol. The Morgan fingerprint density at radius 1 is 1.12 bits per heavy atom. The van der Waals surface area contributed by atoms with E-state index in [1.807, 2.05) is 0 Å². The highest BCUT2D eigenvalue weighted by atomic mass is 35.5. The molecule has 6 nitrogen and oxygen atoms in total. The first-order valence-corrected chi connectivity index (χ1v) is 8.76. The molecule has 0 aromatic heterocycles. The van der Waals surface area contributed by atoms with E-state index in [-0.39, 0.29) is 23.5 Å². The molecule has 26 heavy (non-hydrogen) atoms. The number of nitrogens with two attached hydrogens (primary N) is 1. The molecule has 0 radical (unpaired) electrons. The van der Waals surface area contributed by atoms with Gasteiger partial charge in [-0.25, -0.2) is 0 Å². The normalized spacial score (nSPS) is 14.9. The van der Waals surface area contributed by atoms with E-state index in [0.717, 1.165) is 0 Å². The van der Waals surface area contributed by atoms with Gasteiger partial charge in [0, 0.05) is 35.3 Å². The van der Waals surface area contributed by atoms with Crippen molar-refractivity contribution in [3.05, 3.63) is 53.1 Å². The van der Waals surface area contributed by atoms with Crippen molar-refractivity contribution in [1.82, 2.24) is 4.90 Å². The van der Waals surface area contributed by atoms with Gasteiger partial charge in [0.2, 0.25) is 5.91 Å². The van der Waals surface area contributed by atoms with Crippen LogP contribution in [-0.2, 0) is 4.79 Å². The van der Waals surface area contributed by atoms with Crippen molar-refractivity contribution in [2.75, 3.05) is 24.1 Å². The number of carbonyl (C=O) groups is 2. The second-order valence-electron chi connectivity index (χ2n) is 6.34. The third-order valence-corrected chi connectivity index (χ3v) is 4.76. The summed E-state index contributed by atoms with van der Waals surface area (Å²) in [5, 5.41) is 13.0. The molecule has 0 aliphatic carbocycles. The number of benzene rings is 2. The van der Waals surface area contributed by atoms with Crippen LogP contribution in [0, 0.1) is 5.92 Å². The number of aromatic hydroxyl groups is 1. The van der Waals surface area contributed by atoms with Crippen LogP contribution in [-0.4, -0.2) is 34.9 Å². The van der Waals surface area contributed by atoms with E-state index in [0.29, 0.717) is 47.9 Å². The second kappa shape index (κ2) is 7.66. The van der Waals surface area contributed by atoms with E-state index in [4.69, 9.17) is 17.3 Å². The van der Waals surface area contributed by atoms with Gasteiger partial charge in [-0.05, 0) is 55.3 Å². The van der Waals surface area contributed by atoms with Crippen molar-refractivity contribution in [3.8, 4) is 5.75 Å². The summed E-state index contributed by atoms with van der Waals surface area (Å²) in [5.74, 6) is -0.485. The number of anilines is 2. The van der Waals surface area contributed by atoms with Crippen molar-refractivity contribution < 1.29 is 14.7 Å². The highest BCUT2D eigenvalue weighted by molar-refractivity contribution is 6.31. The minimum atomic E-state index is -0.219. The number of phenols is 1. The van der Waals surface area contributed by atoms with Crippen molar-refractivity contribution in [2.45, 2.75) is 12.8 Å². The van der Waals surface area contributed by atoms with Crippen LogP contribution >= 0.6 is 11.6 Å². The van der Waals surface area contributed by atoms with Crippen LogP contribution in [0.3, 0.4) is 0 Å². The number of phenolic OH excluding ortho intramolecular Hbond substituents is 1. The summed E-state index contributed by atoms with van der Waals surface area (Å²) >= 11 is 5.89. The maximum atomic E-state index is 12.5. The number of halogens is 1. The zero-order valence-electron chi connectivity index (χ0n) is 14.1. The predicted molar refractivity (Wildman–Crippen MR) is 101 cm³/mol. The zero-order valence-corrected chi connectivity index (χ0v) is 14.9. The van der Waals surface area contributed by atoms with Crippen molar-refractivity contribution in [2.24, 2.45) is 5.92 Å². The van der Waals surface area contributed by atoms with E-state index in [2.05, 4.69) is 5.32 Å². The Labute approximate surface area is 156 Å². The third kappa shape index (κ3) is 4.08. The molecule has 136 valence electrons. The number of carbonyl (C=O) groups excluding carboxylic acids is 2. The van der Waals surface area contributed by atoms with E-state index in [1.54, 1.807) is 35.2 Å². The van der Waals surface area contributed by atoms with Crippen molar-refractivity contribution in [3.63, 3.8) is 0 Å². The fraction of sp³-hybridized carbons (Fsp3) is 0.263. The molecule has 0 atom stereocenters. The van der Waals surface area contributed by atoms with Gasteiger partial charge in [-0.3, -0.25) is 9.59 Å². The van der Waals surface area contributed by atoms with Gasteiger partial charge in [-0.15, -0.1) is 0 Å². The molecule has 1 aliphatic heterocycles. The minimum Gasteiger partial charge on any atom is -0.506 e. The van der Waals surface area contributed by atoms with Crippen LogP contribution < -0.4 is 11.1 Å². The van der Waals surface area contributed by atoms with Crippen molar-refractivity contribution >= 4 is 34.8 Å². The third-order valence-electron chi connectivity index (χ3n) is 4.53. The van der Waals surface area contributed by atoms with E-state index < -0.39 is 0 Å². The van der Waals surface area contributed by atoms with Crippen molar-refractivity contribution in [1.29, 1.82) is 0 Å². The summed E-state index contributed by atoms with van der Waals surface area (Å²) < 4.78 is 0. The van der Waals surface area contributed by atoms with Gasteiger partial charge < -0.3 is 21.1 Å². The molecule has 0 unspecified atom stereocenters. The maximum Gasteiger partial charge on any atom is 0.253 e. The number of nitrogen functional groups attached to an aromatic ring is 1. The highest BCUT2D eigenvalue weighted by Gasteiger charge is 2.28. The number of rotatable bonds is 3. The van der Waals surface area contributed by atoms with Gasteiger partial charge in [0.15, 0.2) is 0 Å². The molecule has 2 aromatic rings. The summed E-state index contributed by atoms with van der Waals surface area (Å²) in [6.07, 6.45) is 1.13. The Morgan fingerprint density at radius 2 is 1.77 bits per heavy atom. The fourth-order valence-corrected chi connectivity index (χ4v) is 3.17. The zero-order chi connectivity index (χ0) is 18.7. The number of likely N-dealkylation sites (tertiary alicyclic amines) is 1. The largest absolute Gasteiger partial charge is 0.506 e. The van der Waals surface area contributed by atoms with Crippen LogP contribution in [0.4, 0.5) is 11.4 Å². The second-order valence-corrected chi connectivity index (χ2v) is 6.78. The number of hydrogen-bond donors (Lipinski definition) is 3. The first-order valence-electron chi connectivity index (χ1n) is 8.38. The number of nitrogens with zero attached hydrogens (tertiary/aromatic N) is 1. The Kier molecular flexibility index (Phi) is 5.32. The van der Waals surface area contributed by atoms with E-state index >= 15 is 0 Å². The number of amides is 2. The molecule has 1 heterocycles. The predicted octanol–water partition coefficient (Wildman–Crippen LogP) is 3.12. The molecule has 2 aromatic carbocycles.